The Hall–Kier alpha value is -1.19. The van der Waals surface area contributed by atoms with E-state index in [2.05, 4.69) is 21.2 Å². The third kappa shape index (κ3) is 3.04. The van der Waals surface area contributed by atoms with Gasteiger partial charge in [0.05, 0.1) is 6.04 Å². The van der Waals surface area contributed by atoms with Crippen molar-refractivity contribution >= 4 is 15.9 Å². The number of benzene rings is 2. The number of nitrogens with one attached hydrogen (secondary N) is 1. The lowest BCUT2D eigenvalue weighted by Crippen LogP contribution is -2.19. The molecule has 0 aromatic heterocycles. The van der Waals surface area contributed by atoms with Gasteiger partial charge in [-0.2, -0.15) is 0 Å². The van der Waals surface area contributed by atoms with Gasteiger partial charge in [-0.05, 0) is 44.2 Å². The summed E-state index contributed by atoms with van der Waals surface area (Å²) in [5.41, 5.74) is 3.95. The lowest BCUT2D eigenvalue weighted by atomic mass is 9.96. The van der Waals surface area contributed by atoms with Gasteiger partial charge in [-0.3, -0.25) is 0 Å². The minimum atomic E-state index is -0.179. The molecule has 0 heterocycles. The predicted octanol–water partition coefficient (Wildman–Crippen LogP) is 4.51. The highest BCUT2D eigenvalue weighted by Gasteiger charge is 2.16. The molecular weight excluding hydrogens is 305 g/mol. The molecule has 0 saturated heterocycles. The fourth-order valence-electron chi connectivity index (χ4n) is 2.17. The number of hydrogen-bond acceptors (Lipinski definition) is 1. The second-order valence-corrected chi connectivity index (χ2v) is 5.61. The van der Waals surface area contributed by atoms with Gasteiger partial charge >= 0.3 is 0 Å². The average Bonchev–Trinajstić information content (AvgIpc) is 2.38. The van der Waals surface area contributed by atoms with Crippen molar-refractivity contribution in [2.45, 2.75) is 19.9 Å². The zero-order chi connectivity index (χ0) is 14.0. The first-order chi connectivity index (χ1) is 9.02. The summed E-state index contributed by atoms with van der Waals surface area (Å²) < 4.78 is 15.1. The molecule has 0 amide bonds. The fourth-order valence-corrected chi connectivity index (χ4v) is 2.57. The van der Waals surface area contributed by atoms with E-state index in [-0.39, 0.29) is 11.9 Å². The number of halogens is 2. The van der Waals surface area contributed by atoms with E-state index < -0.39 is 0 Å². The van der Waals surface area contributed by atoms with Crippen molar-refractivity contribution in [1.29, 1.82) is 0 Å². The molecule has 0 spiro atoms. The van der Waals surface area contributed by atoms with Crippen LogP contribution in [0.5, 0.6) is 0 Å². The maximum absolute atomic E-state index is 14.0. The molecule has 0 fully saturated rings. The summed E-state index contributed by atoms with van der Waals surface area (Å²) in [6, 6.07) is 11.2. The Labute approximate surface area is 122 Å². The van der Waals surface area contributed by atoms with Gasteiger partial charge in [0.15, 0.2) is 0 Å². The standard InChI is InChI=1S/C16H17BrFN/c1-10-4-7-15(18)13(8-10)16(19-3)12-6-5-11(2)14(17)9-12/h4-9,16,19H,1-3H3. The molecule has 1 N–H and O–H groups in total. The van der Waals surface area contributed by atoms with Crippen LogP contribution in [0.2, 0.25) is 0 Å². The zero-order valence-corrected chi connectivity index (χ0v) is 12.9. The Bertz CT molecular complexity index is 595. The van der Waals surface area contributed by atoms with E-state index in [4.69, 9.17) is 0 Å². The Morgan fingerprint density at radius 2 is 1.84 bits per heavy atom. The molecule has 2 aromatic carbocycles. The maximum atomic E-state index is 14.0. The molecule has 0 bridgehead atoms. The summed E-state index contributed by atoms with van der Waals surface area (Å²) in [5.74, 6) is -0.179. The van der Waals surface area contributed by atoms with Gasteiger partial charge in [-0.1, -0.05) is 45.8 Å². The third-order valence-corrected chi connectivity index (χ3v) is 4.13. The molecule has 1 atom stereocenters. The summed E-state index contributed by atoms with van der Waals surface area (Å²) in [5, 5.41) is 3.19. The maximum Gasteiger partial charge on any atom is 0.128 e. The Morgan fingerprint density at radius 1 is 1.11 bits per heavy atom. The highest BCUT2D eigenvalue weighted by molar-refractivity contribution is 9.10. The Balaban J connectivity index is 2.49. The predicted molar refractivity (Wildman–Crippen MR) is 80.9 cm³/mol. The van der Waals surface area contributed by atoms with Crippen LogP contribution in [0, 0.1) is 19.7 Å². The fraction of sp³-hybridized carbons (Fsp3) is 0.250. The van der Waals surface area contributed by atoms with Gasteiger partial charge in [0.1, 0.15) is 5.82 Å². The van der Waals surface area contributed by atoms with Gasteiger partial charge < -0.3 is 5.32 Å². The van der Waals surface area contributed by atoms with Crippen molar-refractivity contribution in [2.24, 2.45) is 0 Å². The highest BCUT2D eigenvalue weighted by atomic mass is 79.9. The smallest absolute Gasteiger partial charge is 0.128 e. The normalized spacial score (nSPS) is 12.5. The van der Waals surface area contributed by atoms with E-state index in [1.54, 1.807) is 6.07 Å². The first kappa shape index (κ1) is 14.2. The van der Waals surface area contributed by atoms with Crippen LogP contribution in [0.25, 0.3) is 0 Å². The van der Waals surface area contributed by atoms with Crippen LogP contribution in [0.3, 0.4) is 0 Å². The highest BCUT2D eigenvalue weighted by Crippen LogP contribution is 2.28. The van der Waals surface area contributed by atoms with Crippen LogP contribution in [-0.4, -0.2) is 7.05 Å². The van der Waals surface area contributed by atoms with Crippen molar-refractivity contribution in [1.82, 2.24) is 5.32 Å². The molecule has 0 saturated carbocycles. The first-order valence-electron chi connectivity index (χ1n) is 6.22. The summed E-state index contributed by atoms with van der Waals surface area (Å²) in [4.78, 5) is 0. The largest absolute Gasteiger partial charge is 0.309 e. The van der Waals surface area contributed by atoms with E-state index in [0.29, 0.717) is 5.56 Å². The van der Waals surface area contributed by atoms with E-state index in [1.807, 2.05) is 45.2 Å². The lowest BCUT2D eigenvalue weighted by molar-refractivity contribution is 0.575. The quantitative estimate of drug-likeness (QED) is 0.876. The first-order valence-corrected chi connectivity index (χ1v) is 7.01. The minimum Gasteiger partial charge on any atom is -0.309 e. The summed E-state index contributed by atoms with van der Waals surface area (Å²) >= 11 is 3.53. The monoisotopic (exact) mass is 321 g/mol. The van der Waals surface area contributed by atoms with Crippen LogP contribution >= 0.6 is 15.9 Å². The molecule has 0 aliphatic heterocycles. The average molecular weight is 322 g/mol. The van der Waals surface area contributed by atoms with Gasteiger partial charge in [0.25, 0.3) is 0 Å². The number of aryl methyl sites for hydroxylation is 2. The Kier molecular flexibility index (Phi) is 4.38. The lowest BCUT2D eigenvalue weighted by Gasteiger charge is -2.19. The van der Waals surface area contributed by atoms with Crippen molar-refractivity contribution in [3.05, 3.63) is 68.9 Å². The van der Waals surface area contributed by atoms with Gasteiger partial charge in [-0.25, -0.2) is 4.39 Å². The van der Waals surface area contributed by atoms with Crippen LogP contribution in [0.15, 0.2) is 40.9 Å². The van der Waals surface area contributed by atoms with Crippen LogP contribution in [-0.2, 0) is 0 Å². The van der Waals surface area contributed by atoms with E-state index >= 15 is 0 Å². The van der Waals surface area contributed by atoms with Crippen molar-refractivity contribution < 1.29 is 4.39 Å². The SMILES string of the molecule is CNC(c1ccc(C)c(Br)c1)c1cc(C)ccc1F. The van der Waals surface area contributed by atoms with E-state index in [9.17, 15) is 4.39 Å². The molecule has 1 unspecified atom stereocenters. The van der Waals surface area contributed by atoms with Gasteiger partial charge in [0, 0.05) is 10.0 Å². The molecule has 0 aliphatic rings. The molecule has 2 aromatic rings. The summed E-state index contributed by atoms with van der Waals surface area (Å²) in [6.45, 7) is 4.01. The third-order valence-electron chi connectivity index (χ3n) is 3.28. The molecular formula is C16H17BrFN. The van der Waals surface area contributed by atoms with Crippen LogP contribution in [0.1, 0.15) is 28.3 Å². The van der Waals surface area contributed by atoms with Crippen molar-refractivity contribution in [2.75, 3.05) is 7.05 Å². The molecule has 3 heteroatoms. The molecule has 2 rings (SSSR count). The zero-order valence-electron chi connectivity index (χ0n) is 11.3. The van der Waals surface area contributed by atoms with E-state index in [1.165, 1.54) is 11.6 Å². The molecule has 100 valence electrons. The van der Waals surface area contributed by atoms with E-state index in [0.717, 1.165) is 15.6 Å². The van der Waals surface area contributed by atoms with Gasteiger partial charge in [0.2, 0.25) is 0 Å². The number of hydrogen-bond donors (Lipinski definition) is 1. The second kappa shape index (κ2) is 5.85. The summed E-state index contributed by atoms with van der Waals surface area (Å²) in [6.07, 6.45) is 0. The topological polar surface area (TPSA) is 12.0 Å². The molecule has 0 aliphatic carbocycles. The van der Waals surface area contributed by atoms with Gasteiger partial charge in [-0.15, -0.1) is 0 Å². The molecule has 1 nitrogen and oxygen atoms in total. The minimum absolute atomic E-state index is 0.142. The van der Waals surface area contributed by atoms with Crippen molar-refractivity contribution in [3.63, 3.8) is 0 Å². The van der Waals surface area contributed by atoms with Crippen LogP contribution in [0.4, 0.5) is 4.39 Å². The number of rotatable bonds is 3. The molecule has 0 radical (unpaired) electrons. The van der Waals surface area contributed by atoms with Crippen molar-refractivity contribution in [3.8, 4) is 0 Å². The second-order valence-electron chi connectivity index (χ2n) is 4.76. The summed E-state index contributed by atoms with van der Waals surface area (Å²) in [7, 11) is 1.85. The van der Waals surface area contributed by atoms with Crippen LogP contribution < -0.4 is 5.32 Å². The molecule has 19 heavy (non-hydrogen) atoms. The Morgan fingerprint density at radius 3 is 2.47 bits per heavy atom.